The second kappa shape index (κ2) is 9.17. The maximum absolute atomic E-state index is 11.7. The van der Waals surface area contributed by atoms with Crippen LogP contribution in [0.1, 0.15) is 12.5 Å². The van der Waals surface area contributed by atoms with Crippen LogP contribution in [0, 0.1) is 0 Å². The number of hydrogen-bond donors (Lipinski definition) is 1. The van der Waals surface area contributed by atoms with E-state index in [1.165, 1.54) is 0 Å². The van der Waals surface area contributed by atoms with Crippen molar-refractivity contribution < 1.29 is 14.4 Å². The minimum atomic E-state index is -0.155. The number of nitrogens with zero attached hydrogens (tertiary/aromatic N) is 2. The van der Waals surface area contributed by atoms with Gasteiger partial charge in [0.1, 0.15) is 0 Å². The summed E-state index contributed by atoms with van der Waals surface area (Å²) in [6.45, 7) is 6.62. The lowest BCUT2D eigenvalue weighted by Gasteiger charge is -2.26. The molecule has 0 aromatic heterocycles. The first-order valence-corrected chi connectivity index (χ1v) is 7.54. The molecule has 1 aliphatic heterocycles. The van der Waals surface area contributed by atoms with E-state index in [2.05, 4.69) is 15.4 Å². The molecule has 1 aromatic rings. The van der Waals surface area contributed by atoms with Crippen molar-refractivity contribution >= 4 is 11.6 Å². The predicted molar refractivity (Wildman–Crippen MR) is 84.9 cm³/mol. The number of carbonyl (C=O) groups is 1. The summed E-state index contributed by atoms with van der Waals surface area (Å²) in [5.74, 6) is -0.155. The molecule has 120 valence electrons. The SMILES string of the molecule is C/C(=N\OCC(=O)NCCN1CCOCC1)c1ccccc1. The first-order valence-electron chi connectivity index (χ1n) is 7.54. The molecule has 1 aliphatic rings. The fourth-order valence-electron chi connectivity index (χ4n) is 2.15. The summed E-state index contributed by atoms with van der Waals surface area (Å²) in [5, 5.41) is 6.79. The van der Waals surface area contributed by atoms with Gasteiger partial charge in [-0.3, -0.25) is 9.69 Å². The zero-order valence-corrected chi connectivity index (χ0v) is 13.0. The first kappa shape index (κ1) is 16.5. The Morgan fingerprint density at radius 1 is 1.32 bits per heavy atom. The highest BCUT2D eigenvalue weighted by Gasteiger charge is 2.10. The number of carbonyl (C=O) groups excluding carboxylic acids is 1. The van der Waals surface area contributed by atoms with Crippen molar-refractivity contribution in [3.63, 3.8) is 0 Å². The van der Waals surface area contributed by atoms with Gasteiger partial charge in [0.05, 0.1) is 18.9 Å². The monoisotopic (exact) mass is 305 g/mol. The van der Waals surface area contributed by atoms with Gasteiger partial charge in [0, 0.05) is 26.2 Å². The molecule has 2 rings (SSSR count). The first-order chi connectivity index (χ1) is 10.8. The van der Waals surface area contributed by atoms with Crippen molar-refractivity contribution in [2.24, 2.45) is 5.16 Å². The second-order valence-electron chi connectivity index (χ2n) is 5.12. The van der Waals surface area contributed by atoms with Crippen molar-refractivity contribution in [2.45, 2.75) is 6.92 Å². The lowest BCUT2D eigenvalue weighted by molar-refractivity contribution is -0.125. The van der Waals surface area contributed by atoms with Crippen LogP contribution in [0.5, 0.6) is 0 Å². The number of rotatable bonds is 7. The zero-order valence-electron chi connectivity index (χ0n) is 13.0. The number of morpholine rings is 1. The summed E-state index contributed by atoms with van der Waals surface area (Å²) in [4.78, 5) is 19.0. The Kier molecular flexibility index (Phi) is 6.86. The quantitative estimate of drug-likeness (QED) is 0.600. The molecule has 0 atom stereocenters. The van der Waals surface area contributed by atoms with Gasteiger partial charge in [-0.1, -0.05) is 35.5 Å². The van der Waals surface area contributed by atoms with E-state index in [0.717, 1.165) is 44.1 Å². The van der Waals surface area contributed by atoms with Gasteiger partial charge in [-0.2, -0.15) is 0 Å². The van der Waals surface area contributed by atoms with Crippen LogP contribution in [-0.2, 0) is 14.4 Å². The third-order valence-electron chi connectivity index (χ3n) is 3.44. The van der Waals surface area contributed by atoms with Crippen LogP contribution in [0.25, 0.3) is 0 Å². The number of amides is 1. The van der Waals surface area contributed by atoms with E-state index in [-0.39, 0.29) is 12.5 Å². The Balaban J connectivity index is 1.61. The molecule has 1 N–H and O–H groups in total. The highest BCUT2D eigenvalue weighted by molar-refractivity contribution is 5.98. The molecule has 0 unspecified atom stereocenters. The molecule has 1 heterocycles. The lowest BCUT2D eigenvalue weighted by atomic mass is 10.1. The lowest BCUT2D eigenvalue weighted by Crippen LogP contribution is -2.41. The van der Waals surface area contributed by atoms with E-state index in [1.807, 2.05) is 37.3 Å². The van der Waals surface area contributed by atoms with Crippen LogP contribution in [0.2, 0.25) is 0 Å². The molecule has 0 spiro atoms. The molecule has 6 nitrogen and oxygen atoms in total. The number of benzene rings is 1. The van der Waals surface area contributed by atoms with Crippen molar-refractivity contribution in [3.05, 3.63) is 35.9 Å². The largest absolute Gasteiger partial charge is 0.385 e. The summed E-state index contributed by atoms with van der Waals surface area (Å²) in [7, 11) is 0. The van der Waals surface area contributed by atoms with Crippen molar-refractivity contribution in [1.29, 1.82) is 0 Å². The normalized spacial score (nSPS) is 16.3. The molecule has 6 heteroatoms. The van der Waals surface area contributed by atoms with E-state index >= 15 is 0 Å². The van der Waals surface area contributed by atoms with Crippen LogP contribution >= 0.6 is 0 Å². The Labute approximate surface area is 131 Å². The Bertz CT molecular complexity index is 485. The van der Waals surface area contributed by atoms with E-state index in [0.29, 0.717) is 6.54 Å². The van der Waals surface area contributed by atoms with Crippen LogP contribution in [-0.4, -0.2) is 62.5 Å². The fourth-order valence-corrected chi connectivity index (χ4v) is 2.15. The molecular formula is C16H23N3O3. The summed E-state index contributed by atoms with van der Waals surface area (Å²) >= 11 is 0. The average molecular weight is 305 g/mol. The number of nitrogens with one attached hydrogen (secondary N) is 1. The summed E-state index contributed by atoms with van der Waals surface area (Å²) in [6.07, 6.45) is 0. The van der Waals surface area contributed by atoms with Crippen molar-refractivity contribution in [1.82, 2.24) is 10.2 Å². The average Bonchev–Trinajstić information content (AvgIpc) is 2.56. The highest BCUT2D eigenvalue weighted by atomic mass is 16.6. The third-order valence-corrected chi connectivity index (χ3v) is 3.44. The second-order valence-corrected chi connectivity index (χ2v) is 5.12. The minimum absolute atomic E-state index is 0.0622. The van der Waals surface area contributed by atoms with Gasteiger partial charge in [0.15, 0.2) is 6.61 Å². The van der Waals surface area contributed by atoms with Gasteiger partial charge in [0.2, 0.25) is 0 Å². The smallest absolute Gasteiger partial charge is 0.260 e. The molecule has 22 heavy (non-hydrogen) atoms. The van der Waals surface area contributed by atoms with Gasteiger partial charge >= 0.3 is 0 Å². The molecule has 1 amide bonds. The van der Waals surface area contributed by atoms with E-state index in [4.69, 9.17) is 9.57 Å². The van der Waals surface area contributed by atoms with E-state index < -0.39 is 0 Å². The topological polar surface area (TPSA) is 63.2 Å². The van der Waals surface area contributed by atoms with Crippen LogP contribution < -0.4 is 5.32 Å². The van der Waals surface area contributed by atoms with E-state index in [9.17, 15) is 4.79 Å². The molecule has 1 saturated heterocycles. The third kappa shape index (κ3) is 5.83. The molecule has 0 bridgehead atoms. The van der Waals surface area contributed by atoms with Crippen LogP contribution in [0.4, 0.5) is 0 Å². The van der Waals surface area contributed by atoms with Gasteiger partial charge in [0.25, 0.3) is 5.91 Å². The molecule has 0 radical (unpaired) electrons. The van der Waals surface area contributed by atoms with Gasteiger partial charge < -0.3 is 14.9 Å². The summed E-state index contributed by atoms with van der Waals surface area (Å²) < 4.78 is 5.28. The molecular weight excluding hydrogens is 282 g/mol. The van der Waals surface area contributed by atoms with Gasteiger partial charge in [-0.05, 0) is 12.5 Å². The number of hydrogen-bond acceptors (Lipinski definition) is 5. The Morgan fingerprint density at radius 3 is 2.77 bits per heavy atom. The maximum Gasteiger partial charge on any atom is 0.260 e. The minimum Gasteiger partial charge on any atom is -0.385 e. The summed E-state index contributed by atoms with van der Waals surface area (Å²) in [5.41, 5.74) is 1.73. The van der Waals surface area contributed by atoms with Crippen molar-refractivity contribution in [3.8, 4) is 0 Å². The zero-order chi connectivity index (χ0) is 15.6. The van der Waals surface area contributed by atoms with Crippen LogP contribution in [0.3, 0.4) is 0 Å². The summed E-state index contributed by atoms with van der Waals surface area (Å²) in [6, 6.07) is 9.72. The number of oxime groups is 1. The molecule has 1 fully saturated rings. The van der Waals surface area contributed by atoms with Crippen molar-refractivity contribution in [2.75, 3.05) is 46.0 Å². The molecule has 0 aliphatic carbocycles. The van der Waals surface area contributed by atoms with Crippen LogP contribution in [0.15, 0.2) is 35.5 Å². The Morgan fingerprint density at radius 2 is 2.05 bits per heavy atom. The number of ether oxygens (including phenoxy) is 1. The highest BCUT2D eigenvalue weighted by Crippen LogP contribution is 2.01. The maximum atomic E-state index is 11.7. The standard InChI is InChI=1S/C16H23N3O3/c1-14(15-5-3-2-4-6-15)18-22-13-16(20)17-7-8-19-9-11-21-12-10-19/h2-6H,7-13H2,1H3,(H,17,20)/b18-14+. The molecule has 0 saturated carbocycles. The predicted octanol–water partition coefficient (Wildman–Crippen LogP) is 0.876. The molecule has 1 aromatic carbocycles. The van der Waals surface area contributed by atoms with E-state index in [1.54, 1.807) is 0 Å². The van der Waals surface area contributed by atoms with Gasteiger partial charge in [-0.15, -0.1) is 0 Å². The van der Waals surface area contributed by atoms with Gasteiger partial charge in [-0.25, -0.2) is 0 Å². The fraction of sp³-hybridized carbons (Fsp3) is 0.500. The Hall–Kier alpha value is -1.92.